The molecule has 3 nitrogen and oxygen atoms in total. The van der Waals surface area contributed by atoms with E-state index < -0.39 is 0 Å². The second kappa shape index (κ2) is 5.87. The van der Waals surface area contributed by atoms with E-state index in [1.807, 2.05) is 0 Å². The van der Waals surface area contributed by atoms with Gasteiger partial charge in [-0.05, 0) is 25.7 Å². The summed E-state index contributed by atoms with van der Waals surface area (Å²) in [5.74, 6) is 2.05. The van der Waals surface area contributed by atoms with Crippen molar-refractivity contribution in [1.29, 1.82) is 0 Å². The Morgan fingerprint density at radius 2 is 2.18 bits per heavy atom. The number of hydrogen-bond acceptors (Lipinski definition) is 3. The van der Waals surface area contributed by atoms with E-state index >= 15 is 0 Å². The van der Waals surface area contributed by atoms with Gasteiger partial charge in [0.2, 0.25) is 0 Å². The number of aromatic nitrogens is 2. The maximum absolute atomic E-state index is 6.05. The van der Waals surface area contributed by atoms with E-state index in [1.165, 1.54) is 25.6 Å². The molecule has 1 aliphatic carbocycles. The lowest BCUT2D eigenvalue weighted by molar-refractivity contribution is 0.318. The Labute approximate surface area is 112 Å². The van der Waals surface area contributed by atoms with Gasteiger partial charge in [-0.15, -0.1) is 11.6 Å². The van der Waals surface area contributed by atoms with Gasteiger partial charge in [0.1, 0.15) is 17.3 Å². The van der Waals surface area contributed by atoms with Crippen molar-refractivity contribution in [1.82, 2.24) is 9.97 Å². The number of anilines is 1. The zero-order chi connectivity index (χ0) is 12.3. The molecule has 1 saturated carbocycles. The van der Waals surface area contributed by atoms with E-state index in [1.54, 1.807) is 0 Å². The first-order valence-electron chi connectivity index (χ1n) is 6.06. The first-order valence-corrected chi connectivity index (χ1v) is 6.97. The third-order valence-corrected chi connectivity index (χ3v) is 3.98. The molecule has 0 N–H and O–H groups in total. The normalized spacial score (nSPS) is 15.7. The molecule has 1 fully saturated rings. The molecule has 1 aliphatic rings. The molecule has 0 amide bonds. The summed E-state index contributed by atoms with van der Waals surface area (Å²) in [6.45, 7) is 4.11. The molecular formula is C12H17Cl2N3. The van der Waals surface area contributed by atoms with Gasteiger partial charge in [0.05, 0.1) is 5.88 Å². The monoisotopic (exact) mass is 273 g/mol. The Kier molecular flexibility index (Phi) is 4.46. The minimum absolute atomic E-state index is 0.357. The van der Waals surface area contributed by atoms with Crippen LogP contribution in [0.4, 0.5) is 5.82 Å². The molecule has 2 rings (SSSR count). The van der Waals surface area contributed by atoms with Crippen LogP contribution in [0.2, 0.25) is 5.15 Å². The molecule has 0 saturated heterocycles. The molecule has 17 heavy (non-hydrogen) atoms. The summed E-state index contributed by atoms with van der Waals surface area (Å²) in [6, 6.07) is 0. The summed E-state index contributed by atoms with van der Waals surface area (Å²) < 4.78 is 0. The van der Waals surface area contributed by atoms with Crippen LogP contribution in [-0.4, -0.2) is 23.1 Å². The fourth-order valence-electron chi connectivity index (χ4n) is 2.12. The van der Waals surface area contributed by atoms with Crippen molar-refractivity contribution in [2.45, 2.75) is 32.1 Å². The fourth-order valence-corrected chi connectivity index (χ4v) is 2.63. The lowest BCUT2D eigenvalue weighted by Gasteiger charge is -2.33. The van der Waals surface area contributed by atoms with Crippen molar-refractivity contribution >= 4 is 29.0 Å². The second-order valence-corrected chi connectivity index (χ2v) is 5.06. The van der Waals surface area contributed by atoms with Crippen LogP contribution >= 0.6 is 23.2 Å². The lowest BCUT2D eigenvalue weighted by atomic mass is 9.85. The Morgan fingerprint density at radius 3 is 2.71 bits per heavy atom. The Bertz CT molecular complexity index is 380. The minimum atomic E-state index is 0.357. The van der Waals surface area contributed by atoms with E-state index in [4.69, 9.17) is 23.2 Å². The third-order valence-electron chi connectivity index (χ3n) is 3.39. The third kappa shape index (κ3) is 2.83. The first-order chi connectivity index (χ1) is 8.26. The average molecular weight is 274 g/mol. The molecule has 94 valence electrons. The van der Waals surface area contributed by atoms with Gasteiger partial charge in [-0.3, -0.25) is 0 Å². The lowest BCUT2D eigenvalue weighted by Crippen LogP contribution is -2.33. The van der Waals surface area contributed by atoms with Crippen molar-refractivity contribution in [2.24, 2.45) is 5.92 Å². The van der Waals surface area contributed by atoms with Crippen LogP contribution in [0.15, 0.2) is 6.33 Å². The van der Waals surface area contributed by atoms with Gasteiger partial charge >= 0.3 is 0 Å². The smallest absolute Gasteiger partial charge is 0.138 e. The van der Waals surface area contributed by atoms with E-state index in [2.05, 4.69) is 21.8 Å². The predicted octanol–water partition coefficient (Wildman–Crippen LogP) is 3.50. The summed E-state index contributed by atoms with van der Waals surface area (Å²) >= 11 is 12.0. The van der Waals surface area contributed by atoms with Crippen molar-refractivity contribution < 1.29 is 0 Å². The molecule has 0 aromatic carbocycles. The Morgan fingerprint density at radius 1 is 1.41 bits per heavy atom. The average Bonchev–Trinajstić information content (AvgIpc) is 2.28. The highest BCUT2D eigenvalue weighted by atomic mass is 35.5. The number of hydrogen-bond donors (Lipinski definition) is 0. The molecular weight excluding hydrogens is 257 g/mol. The Hall–Kier alpha value is -0.540. The van der Waals surface area contributed by atoms with Crippen LogP contribution in [-0.2, 0) is 5.88 Å². The summed E-state index contributed by atoms with van der Waals surface area (Å²) in [6.07, 6.45) is 5.52. The van der Waals surface area contributed by atoms with E-state index in [0.717, 1.165) is 30.4 Å². The molecule has 0 radical (unpaired) electrons. The highest BCUT2D eigenvalue weighted by Gasteiger charge is 2.22. The molecule has 0 unspecified atom stereocenters. The maximum atomic E-state index is 6.05. The van der Waals surface area contributed by atoms with Gasteiger partial charge in [-0.25, -0.2) is 9.97 Å². The quantitative estimate of drug-likeness (QED) is 0.608. The van der Waals surface area contributed by atoms with Gasteiger partial charge < -0.3 is 4.90 Å². The zero-order valence-corrected chi connectivity index (χ0v) is 11.5. The minimum Gasteiger partial charge on any atom is -0.356 e. The van der Waals surface area contributed by atoms with Crippen molar-refractivity contribution in [3.8, 4) is 0 Å². The fraction of sp³-hybridized carbons (Fsp3) is 0.667. The van der Waals surface area contributed by atoms with Crippen LogP contribution in [0.1, 0.15) is 31.7 Å². The van der Waals surface area contributed by atoms with Crippen LogP contribution in [0.25, 0.3) is 0 Å². The van der Waals surface area contributed by atoms with Crippen LogP contribution < -0.4 is 4.90 Å². The highest BCUT2D eigenvalue weighted by Crippen LogP contribution is 2.31. The van der Waals surface area contributed by atoms with Gasteiger partial charge in [0, 0.05) is 18.7 Å². The molecule has 1 aromatic heterocycles. The van der Waals surface area contributed by atoms with E-state index in [0.29, 0.717) is 11.0 Å². The highest BCUT2D eigenvalue weighted by molar-refractivity contribution is 6.31. The molecule has 0 spiro atoms. The number of nitrogens with zero attached hydrogens (tertiary/aromatic N) is 3. The molecule has 1 heterocycles. The SMILES string of the molecule is CCN(CC1CCC1)c1ncnc(Cl)c1CCl. The van der Waals surface area contributed by atoms with Crippen LogP contribution in [0.5, 0.6) is 0 Å². The topological polar surface area (TPSA) is 29.0 Å². The predicted molar refractivity (Wildman–Crippen MR) is 71.8 cm³/mol. The second-order valence-electron chi connectivity index (χ2n) is 4.44. The van der Waals surface area contributed by atoms with Crippen LogP contribution in [0.3, 0.4) is 0 Å². The molecule has 0 bridgehead atoms. The number of rotatable bonds is 5. The summed E-state index contributed by atoms with van der Waals surface area (Å²) in [5, 5.41) is 0.469. The van der Waals surface area contributed by atoms with Gasteiger partial charge in [0.25, 0.3) is 0 Å². The summed E-state index contributed by atoms with van der Waals surface area (Å²) in [4.78, 5) is 10.6. The molecule has 0 aliphatic heterocycles. The number of halogens is 2. The van der Waals surface area contributed by atoms with Crippen molar-refractivity contribution in [3.05, 3.63) is 17.0 Å². The molecule has 1 aromatic rings. The van der Waals surface area contributed by atoms with E-state index in [-0.39, 0.29) is 0 Å². The Balaban J connectivity index is 2.19. The first kappa shape index (κ1) is 12.9. The van der Waals surface area contributed by atoms with Gasteiger partial charge in [-0.1, -0.05) is 18.0 Å². The van der Waals surface area contributed by atoms with Crippen molar-refractivity contribution in [2.75, 3.05) is 18.0 Å². The van der Waals surface area contributed by atoms with E-state index in [9.17, 15) is 0 Å². The van der Waals surface area contributed by atoms with Gasteiger partial charge in [-0.2, -0.15) is 0 Å². The van der Waals surface area contributed by atoms with Crippen molar-refractivity contribution in [3.63, 3.8) is 0 Å². The summed E-state index contributed by atoms with van der Waals surface area (Å²) in [7, 11) is 0. The van der Waals surface area contributed by atoms with Gasteiger partial charge in [0.15, 0.2) is 0 Å². The van der Waals surface area contributed by atoms with Crippen LogP contribution in [0, 0.1) is 5.92 Å². The molecule has 0 atom stereocenters. The summed E-state index contributed by atoms with van der Waals surface area (Å²) in [5.41, 5.74) is 0.844. The molecule has 5 heteroatoms. The maximum Gasteiger partial charge on any atom is 0.138 e. The number of alkyl halides is 1. The standard InChI is InChI=1S/C12H17Cl2N3/c1-2-17(7-9-4-3-5-9)12-10(6-13)11(14)15-8-16-12/h8-9H,2-7H2,1H3. The zero-order valence-electron chi connectivity index (χ0n) is 9.99. The largest absolute Gasteiger partial charge is 0.356 e.